The van der Waals surface area contributed by atoms with E-state index in [1.165, 1.54) is 0 Å². The van der Waals surface area contributed by atoms with Gasteiger partial charge in [-0.3, -0.25) is 0 Å². The highest BCUT2D eigenvalue weighted by molar-refractivity contribution is 6.74. The fraction of sp³-hybridized carbons (Fsp3) is 0.423. The van der Waals surface area contributed by atoms with Crippen LogP contribution in [-0.2, 0) is 9.96 Å². The molecule has 1 atom stereocenters. The van der Waals surface area contributed by atoms with Crippen LogP contribution in [0.1, 0.15) is 31.9 Å². The maximum Gasteiger partial charge on any atom is 0.320 e. The standard InChI is InChI=1S/C26H36N2O2Si/c1-25(2,3)31(6,7)30-20-26(23-16-12-9-13-17-23)18-22(21-14-10-8-11-15-21)19-28(26)24(29)27(4)5/h8-18H,19-20H2,1-7H3. The molecule has 0 saturated heterocycles. The first kappa shape index (κ1) is 23.3. The quantitative estimate of drug-likeness (QED) is 0.540. The molecule has 4 nitrogen and oxygen atoms in total. The third-order valence-electron chi connectivity index (χ3n) is 6.71. The number of hydrogen-bond acceptors (Lipinski definition) is 2. The maximum atomic E-state index is 13.4. The van der Waals surface area contributed by atoms with Crippen LogP contribution in [0.25, 0.3) is 5.57 Å². The van der Waals surface area contributed by atoms with Crippen molar-refractivity contribution in [2.24, 2.45) is 0 Å². The number of urea groups is 1. The van der Waals surface area contributed by atoms with Crippen LogP contribution < -0.4 is 0 Å². The van der Waals surface area contributed by atoms with E-state index in [9.17, 15) is 4.79 Å². The molecule has 31 heavy (non-hydrogen) atoms. The van der Waals surface area contributed by atoms with Gasteiger partial charge in [0.25, 0.3) is 0 Å². The van der Waals surface area contributed by atoms with E-state index >= 15 is 0 Å². The van der Waals surface area contributed by atoms with Crippen molar-refractivity contribution in [1.29, 1.82) is 0 Å². The molecule has 2 aromatic rings. The Morgan fingerprint density at radius 3 is 2.10 bits per heavy atom. The van der Waals surface area contributed by atoms with Gasteiger partial charge < -0.3 is 14.2 Å². The van der Waals surface area contributed by atoms with Gasteiger partial charge in [0.15, 0.2) is 8.32 Å². The topological polar surface area (TPSA) is 32.8 Å². The van der Waals surface area contributed by atoms with Gasteiger partial charge in [-0.2, -0.15) is 0 Å². The molecular weight excluding hydrogens is 400 g/mol. The van der Waals surface area contributed by atoms with E-state index in [4.69, 9.17) is 4.43 Å². The molecule has 0 aliphatic carbocycles. The molecule has 2 amide bonds. The number of carbonyl (C=O) groups excluding carboxylic acids is 1. The lowest BCUT2D eigenvalue weighted by Gasteiger charge is -2.43. The van der Waals surface area contributed by atoms with Gasteiger partial charge in [0.05, 0.1) is 6.61 Å². The van der Waals surface area contributed by atoms with Crippen molar-refractivity contribution >= 4 is 19.9 Å². The molecule has 0 N–H and O–H groups in total. The summed E-state index contributed by atoms with van der Waals surface area (Å²) < 4.78 is 6.76. The fourth-order valence-corrected chi connectivity index (χ4v) is 4.72. The first-order valence-corrected chi connectivity index (χ1v) is 13.8. The Balaban J connectivity index is 2.14. The second-order valence-electron chi connectivity index (χ2n) is 10.1. The smallest absolute Gasteiger partial charge is 0.320 e. The summed E-state index contributed by atoms with van der Waals surface area (Å²) in [5.74, 6) is 0. The van der Waals surface area contributed by atoms with Crippen molar-refractivity contribution in [2.75, 3.05) is 27.2 Å². The summed E-state index contributed by atoms with van der Waals surface area (Å²) in [5, 5.41) is 0.0891. The van der Waals surface area contributed by atoms with Crippen LogP contribution in [0, 0.1) is 0 Å². The third kappa shape index (κ3) is 4.63. The number of nitrogens with zero attached hydrogens (tertiary/aromatic N) is 2. The number of rotatable bonds is 5. The summed E-state index contributed by atoms with van der Waals surface area (Å²) in [6.45, 7) is 12.3. The van der Waals surface area contributed by atoms with E-state index in [2.05, 4.69) is 64.2 Å². The van der Waals surface area contributed by atoms with Crippen LogP contribution in [0.2, 0.25) is 18.1 Å². The number of hydrogen-bond donors (Lipinski definition) is 0. The molecule has 0 radical (unpaired) electrons. The van der Waals surface area contributed by atoms with Gasteiger partial charge in [0.1, 0.15) is 5.54 Å². The molecule has 0 bridgehead atoms. The summed E-state index contributed by atoms with van der Waals surface area (Å²) in [5.41, 5.74) is 2.72. The summed E-state index contributed by atoms with van der Waals surface area (Å²) in [7, 11) is 1.60. The zero-order valence-electron chi connectivity index (χ0n) is 20.0. The van der Waals surface area contributed by atoms with Crippen LogP contribution in [0.5, 0.6) is 0 Å². The molecule has 1 aliphatic heterocycles. The average molecular weight is 437 g/mol. The Bertz CT molecular complexity index is 933. The predicted octanol–water partition coefficient (Wildman–Crippen LogP) is 5.98. The first-order chi connectivity index (χ1) is 14.5. The van der Waals surface area contributed by atoms with Gasteiger partial charge in [-0.15, -0.1) is 0 Å². The Morgan fingerprint density at radius 1 is 1.03 bits per heavy atom. The van der Waals surface area contributed by atoms with Crippen LogP contribution >= 0.6 is 0 Å². The van der Waals surface area contributed by atoms with Crippen molar-refractivity contribution in [3.8, 4) is 0 Å². The molecule has 1 aliphatic rings. The fourth-order valence-electron chi connectivity index (χ4n) is 3.71. The van der Waals surface area contributed by atoms with Gasteiger partial charge in [-0.05, 0) is 40.9 Å². The van der Waals surface area contributed by atoms with E-state index in [0.29, 0.717) is 13.2 Å². The van der Waals surface area contributed by atoms with Crippen LogP contribution in [0.4, 0.5) is 4.79 Å². The Labute approximate surface area is 188 Å². The third-order valence-corrected chi connectivity index (χ3v) is 11.2. The SMILES string of the molecule is CN(C)C(=O)N1CC(c2ccccc2)=CC1(CO[Si](C)(C)C(C)(C)C)c1ccccc1. The Hall–Kier alpha value is -2.37. The summed E-state index contributed by atoms with van der Waals surface area (Å²) in [4.78, 5) is 17.0. The van der Waals surface area contributed by atoms with E-state index < -0.39 is 13.9 Å². The summed E-state index contributed by atoms with van der Waals surface area (Å²) in [6.07, 6.45) is 2.26. The Morgan fingerprint density at radius 2 is 1.58 bits per heavy atom. The summed E-state index contributed by atoms with van der Waals surface area (Å²) in [6, 6.07) is 20.6. The predicted molar refractivity (Wildman–Crippen MR) is 131 cm³/mol. The zero-order valence-corrected chi connectivity index (χ0v) is 21.0. The molecule has 0 saturated carbocycles. The molecule has 1 unspecified atom stereocenters. The molecule has 0 aromatic heterocycles. The average Bonchev–Trinajstić information content (AvgIpc) is 3.13. The molecule has 5 heteroatoms. The van der Waals surface area contributed by atoms with Gasteiger partial charge in [0.2, 0.25) is 0 Å². The van der Waals surface area contributed by atoms with Gasteiger partial charge in [0, 0.05) is 20.6 Å². The zero-order chi connectivity index (χ0) is 22.9. The summed E-state index contributed by atoms with van der Waals surface area (Å²) >= 11 is 0. The lowest BCUT2D eigenvalue weighted by molar-refractivity contribution is 0.0942. The molecule has 2 aromatic carbocycles. The maximum absolute atomic E-state index is 13.4. The highest BCUT2D eigenvalue weighted by Gasteiger charge is 2.48. The van der Waals surface area contributed by atoms with Crippen LogP contribution in [0.15, 0.2) is 66.7 Å². The number of amides is 2. The van der Waals surface area contributed by atoms with Gasteiger partial charge in [-0.1, -0.05) is 81.4 Å². The lowest BCUT2D eigenvalue weighted by Crippen LogP contribution is -2.54. The van der Waals surface area contributed by atoms with Crippen molar-refractivity contribution in [1.82, 2.24) is 9.80 Å². The molecule has 0 spiro atoms. The van der Waals surface area contributed by atoms with Crippen LogP contribution in [0.3, 0.4) is 0 Å². The van der Waals surface area contributed by atoms with Crippen molar-refractivity contribution in [2.45, 2.75) is 44.4 Å². The number of carbonyl (C=O) groups is 1. The second-order valence-corrected chi connectivity index (χ2v) is 14.9. The molecular formula is C26H36N2O2Si. The molecule has 0 fully saturated rings. The number of benzene rings is 2. The normalized spacial score (nSPS) is 19.3. The lowest BCUT2D eigenvalue weighted by atomic mass is 9.89. The molecule has 3 rings (SSSR count). The molecule has 1 heterocycles. The highest BCUT2D eigenvalue weighted by atomic mass is 28.4. The van der Waals surface area contributed by atoms with E-state index in [0.717, 1.165) is 16.7 Å². The highest BCUT2D eigenvalue weighted by Crippen LogP contribution is 2.44. The van der Waals surface area contributed by atoms with Crippen molar-refractivity contribution in [3.63, 3.8) is 0 Å². The molecule has 166 valence electrons. The first-order valence-electron chi connectivity index (χ1n) is 10.9. The Kier molecular flexibility index (Phi) is 6.49. The minimum Gasteiger partial charge on any atom is -0.414 e. The van der Waals surface area contributed by atoms with Crippen molar-refractivity contribution in [3.05, 3.63) is 77.9 Å². The van der Waals surface area contributed by atoms with E-state index in [1.54, 1.807) is 4.90 Å². The van der Waals surface area contributed by atoms with Gasteiger partial charge in [-0.25, -0.2) is 4.79 Å². The van der Waals surface area contributed by atoms with E-state index in [1.807, 2.05) is 55.4 Å². The van der Waals surface area contributed by atoms with Crippen LogP contribution in [-0.4, -0.2) is 51.4 Å². The van der Waals surface area contributed by atoms with E-state index in [-0.39, 0.29) is 11.1 Å². The van der Waals surface area contributed by atoms with Crippen molar-refractivity contribution < 1.29 is 9.22 Å². The monoisotopic (exact) mass is 436 g/mol. The second kappa shape index (κ2) is 8.64. The minimum absolute atomic E-state index is 0.00938. The largest absolute Gasteiger partial charge is 0.414 e. The minimum atomic E-state index is -2.03. The van der Waals surface area contributed by atoms with Gasteiger partial charge >= 0.3 is 6.03 Å².